The molecule has 0 aliphatic heterocycles. The van der Waals surface area contributed by atoms with Crippen LogP contribution in [0, 0.1) is 0 Å². The zero-order valence-corrected chi connectivity index (χ0v) is 17.3. The zero-order valence-electron chi connectivity index (χ0n) is 15.7. The summed E-state index contributed by atoms with van der Waals surface area (Å²) in [5.41, 5.74) is 1.84. The van der Waals surface area contributed by atoms with Gasteiger partial charge in [0.15, 0.2) is 5.43 Å². The average molecular weight is 440 g/mol. The van der Waals surface area contributed by atoms with Crippen LogP contribution in [0.4, 0.5) is 5.69 Å². The van der Waals surface area contributed by atoms with Crippen molar-refractivity contribution in [3.05, 3.63) is 92.6 Å². The van der Waals surface area contributed by atoms with Crippen molar-refractivity contribution in [2.75, 3.05) is 12.4 Å². The first kappa shape index (κ1) is 20.0. The van der Waals surface area contributed by atoms with Gasteiger partial charge in [-0.1, -0.05) is 23.2 Å². The van der Waals surface area contributed by atoms with Gasteiger partial charge in [0.1, 0.15) is 17.1 Å². The van der Waals surface area contributed by atoms with Crippen LogP contribution in [-0.2, 0) is 0 Å². The Hall–Kier alpha value is -3.28. The first-order valence-electron chi connectivity index (χ1n) is 8.93. The molecule has 0 aliphatic carbocycles. The van der Waals surface area contributed by atoms with Crippen molar-refractivity contribution in [1.82, 2.24) is 0 Å². The third-order valence-corrected chi connectivity index (χ3v) is 5.10. The van der Waals surface area contributed by atoms with E-state index in [0.717, 1.165) is 0 Å². The quantitative estimate of drug-likeness (QED) is 0.421. The van der Waals surface area contributed by atoms with Crippen molar-refractivity contribution in [2.24, 2.45) is 0 Å². The van der Waals surface area contributed by atoms with Crippen LogP contribution in [0.15, 0.2) is 75.9 Å². The Bertz CT molecular complexity index is 1310. The second-order valence-electron chi connectivity index (χ2n) is 6.49. The SMILES string of the molecule is COc1ccc2oc(-c3ccc(NC(=O)c4cc(Cl)ccc4Cl)cc3)cc(=O)c2c1. The first-order chi connectivity index (χ1) is 14.4. The van der Waals surface area contributed by atoms with Crippen LogP contribution < -0.4 is 15.5 Å². The highest BCUT2D eigenvalue weighted by Gasteiger charge is 2.12. The summed E-state index contributed by atoms with van der Waals surface area (Å²) < 4.78 is 11.0. The molecule has 4 aromatic rings. The molecule has 7 heteroatoms. The van der Waals surface area contributed by atoms with Crippen LogP contribution in [0.2, 0.25) is 10.0 Å². The number of fused-ring (bicyclic) bond motifs is 1. The summed E-state index contributed by atoms with van der Waals surface area (Å²) in [6, 6.07) is 18.1. The molecule has 1 heterocycles. The number of carbonyl (C=O) groups is 1. The number of nitrogens with one attached hydrogen (secondary N) is 1. The lowest BCUT2D eigenvalue weighted by atomic mass is 10.1. The summed E-state index contributed by atoms with van der Waals surface area (Å²) in [4.78, 5) is 24.9. The van der Waals surface area contributed by atoms with Crippen LogP contribution in [0.1, 0.15) is 10.4 Å². The van der Waals surface area contributed by atoms with E-state index in [0.29, 0.717) is 43.8 Å². The van der Waals surface area contributed by atoms with E-state index < -0.39 is 0 Å². The van der Waals surface area contributed by atoms with E-state index in [2.05, 4.69) is 5.32 Å². The fourth-order valence-electron chi connectivity index (χ4n) is 2.99. The molecular formula is C23H15Cl2NO4. The summed E-state index contributed by atoms with van der Waals surface area (Å²) in [5, 5.41) is 3.94. The molecule has 0 bridgehead atoms. The number of benzene rings is 3. The molecule has 0 fully saturated rings. The third-order valence-electron chi connectivity index (χ3n) is 4.53. The Morgan fingerprint density at radius 1 is 0.967 bits per heavy atom. The van der Waals surface area contributed by atoms with E-state index in [4.69, 9.17) is 32.4 Å². The molecule has 5 nitrogen and oxygen atoms in total. The lowest BCUT2D eigenvalue weighted by Gasteiger charge is -2.09. The molecule has 0 spiro atoms. The summed E-state index contributed by atoms with van der Waals surface area (Å²) in [7, 11) is 1.54. The monoisotopic (exact) mass is 439 g/mol. The van der Waals surface area contributed by atoms with Crippen LogP contribution in [0.5, 0.6) is 5.75 Å². The van der Waals surface area contributed by atoms with Crippen LogP contribution in [-0.4, -0.2) is 13.0 Å². The average Bonchev–Trinajstić information content (AvgIpc) is 2.75. The molecule has 3 aromatic carbocycles. The highest BCUT2D eigenvalue weighted by atomic mass is 35.5. The lowest BCUT2D eigenvalue weighted by molar-refractivity contribution is 0.102. The highest BCUT2D eigenvalue weighted by Crippen LogP contribution is 2.26. The van der Waals surface area contributed by atoms with Crippen molar-refractivity contribution in [3.8, 4) is 17.1 Å². The van der Waals surface area contributed by atoms with Gasteiger partial charge in [-0.15, -0.1) is 0 Å². The van der Waals surface area contributed by atoms with Gasteiger partial charge in [0.05, 0.1) is 23.1 Å². The maximum absolute atomic E-state index is 12.5. The lowest BCUT2D eigenvalue weighted by Crippen LogP contribution is -2.12. The number of methoxy groups -OCH3 is 1. The predicted octanol–water partition coefficient (Wildman–Crippen LogP) is 6.03. The van der Waals surface area contributed by atoms with Gasteiger partial charge in [0.25, 0.3) is 5.91 Å². The maximum Gasteiger partial charge on any atom is 0.257 e. The molecule has 0 saturated heterocycles. The Morgan fingerprint density at radius 2 is 1.73 bits per heavy atom. The van der Waals surface area contributed by atoms with Gasteiger partial charge in [-0.2, -0.15) is 0 Å². The summed E-state index contributed by atoms with van der Waals surface area (Å²) in [5.74, 6) is 0.636. The predicted molar refractivity (Wildman–Crippen MR) is 119 cm³/mol. The number of anilines is 1. The molecule has 30 heavy (non-hydrogen) atoms. The fraction of sp³-hybridized carbons (Fsp3) is 0.0435. The number of hydrogen-bond donors (Lipinski definition) is 1. The van der Waals surface area contributed by atoms with Gasteiger partial charge in [0, 0.05) is 22.3 Å². The van der Waals surface area contributed by atoms with E-state index in [1.165, 1.54) is 19.2 Å². The van der Waals surface area contributed by atoms with Crippen molar-refractivity contribution < 1.29 is 13.9 Å². The zero-order chi connectivity index (χ0) is 21.3. The number of ether oxygens (including phenoxy) is 1. The summed E-state index contributed by atoms with van der Waals surface area (Å²) >= 11 is 12.0. The van der Waals surface area contributed by atoms with Crippen LogP contribution in [0.25, 0.3) is 22.3 Å². The van der Waals surface area contributed by atoms with Crippen molar-refractivity contribution in [2.45, 2.75) is 0 Å². The Kier molecular flexibility index (Phi) is 5.48. The van der Waals surface area contributed by atoms with Gasteiger partial charge in [0.2, 0.25) is 0 Å². The number of carbonyl (C=O) groups excluding carboxylic acids is 1. The second kappa shape index (κ2) is 8.22. The molecule has 0 radical (unpaired) electrons. The molecule has 150 valence electrons. The van der Waals surface area contributed by atoms with Crippen LogP contribution >= 0.6 is 23.2 Å². The van der Waals surface area contributed by atoms with E-state index in [1.54, 1.807) is 54.6 Å². The van der Waals surface area contributed by atoms with Crippen molar-refractivity contribution in [1.29, 1.82) is 0 Å². The minimum Gasteiger partial charge on any atom is -0.497 e. The summed E-state index contributed by atoms with van der Waals surface area (Å²) in [6.45, 7) is 0. The molecule has 1 N–H and O–H groups in total. The van der Waals surface area contributed by atoms with Gasteiger partial charge in [-0.05, 0) is 60.7 Å². The molecular weight excluding hydrogens is 425 g/mol. The van der Waals surface area contributed by atoms with Gasteiger partial charge in [-0.25, -0.2) is 0 Å². The Labute approximate surface area is 181 Å². The van der Waals surface area contributed by atoms with Crippen molar-refractivity contribution >= 4 is 45.8 Å². The van der Waals surface area contributed by atoms with Crippen LogP contribution in [0.3, 0.4) is 0 Å². The van der Waals surface area contributed by atoms with E-state index in [1.807, 2.05) is 0 Å². The van der Waals surface area contributed by atoms with Crippen molar-refractivity contribution in [3.63, 3.8) is 0 Å². The third kappa shape index (κ3) is 4.03. The number of rotatable bonds is 4. The Morgan fingerprint density at radius 3 is 2.47 bits per heavy atom. The van der Waals surface area contributed by atoms with Gasteiger partial charge < -0.3 is 14.5 Å². The minimum absolute atomic E-state index is 0.168. The minimum atomic E-state index is -0.374. The molecule has 1 aromatic heterocycles. The largest absolute Gasteiger partial charge is 0.497 e. The van der Waals surface area contributed by atoms with Gasteiger partial charge in [-0.3, -0.25) is 9.59 Å². The van der Waals surface area contributed by atoms with Gasteiger partial charge >= 0.3 is 0 Å². The molecule has 4 rings (SSSR count). The fourth-order valence-corrected chi connectivity index (χ4v) is 3.37. The number of amides is 1. The maximum atomic E-state index is 12.5. The molecule has 1 amide bonds. The topological polar surface area (TPSA) is 68.5 Å². The smallest absolute Gasteiger partial charge is 0.257 e. The highest BCUT2D eigenvalue weighted by molar-refractivity contribution is 6.36. The molecule has 0 aliphatic rings. The first-order valence-corrected chi connectivity index (χ1v) is 9.69. The summed E-state index contributed by atoms with van der Waals surface area (Å²) in [6.07, 6.45) is 0. The molecule has 0 atom stereocenters. The van der Waals surface area contributed by atoms with E-state index >= 15 is 0 Å². The Balaban J connectivity index is 1.60. The number of hydrogen-bond acceptors (Lipinski definition) is 4. The van der Waals surface area contributed by atoms with E-state index in [-0.39, 0.29) is 16.9 Å². The number of halogens is 2. The standard InChI is InChI=1S/C23H15Cl2NO4/c1-29-16-7-9-21-18(11-16)20(27)12-22(30-21)13-2-5-15(6-3-13)26-23(28)17-10-14(24)4-8-19(17)25/h2-12H,1H3,(H,26,28). The normalized spacial score (nSPS) is 10.8. The van der Waals surface area contributed by atoms with E-state index in [9.17, 15) is 9.59 Å². The molecule has 0 unspecified atom stereocenters. The second-order valence-corrected chi connectivity index (χ2v) is 7.34. The molecule has 0 saturated carbocycles.